The van der Waals surface area contributed by atoms with Crippen molar-refractivity contribution in [2.75, 3.05) is 13.2 Å². The normalized spacial score (nSPS) is 15.1. The minimum absolute atomic E-state index is 0.0349. The summed E-state index contributed by atoms with van der Waals surface area (Å²) in [5.74, 6) is -0.110. The van der Waals surface area contributed by atoms with Crippen molar-refractivity contribution in [3.05, 3.63) is 34.9 Å². The van der Waals surface area contributed by atoms with Crippen LogP contribution in [0.5, 0.6) is 5.75 Å². The lowest BCUT2D eigenvalue weighted by molar-refractivity contribution is -0.136. The number of benzene rings is 1. The van der Waals surface area contributed by atoms with Crippen LogP contribution in [0, 0.1) is 0 Å². The van der Waals surface area contributed by atoms with Crippen molar-refractivity contribution in [3.8, 4) is 5.75 Å². The van der Waals surface area contributed by atoms with E-state index in [-0.39, 0.29) is 28.7 Å². The maximum atomic E-state index is 12.6. The van der Waals surface area contributed by atoms with Crippen LogP contribution in [-0.4, -0.2) is 42.1 Å². The molecule has 0 spiro atoms. The molecule has 0 unspecified atom stereocenters. The van der Waals surface area contributed by atoms with E-state index in [1.165, 1.54) is 4.90 Å². The smallest absolute Gasteiger partial charge is 0.273 e. The molecule has 2 rings (SSSR count). The zero-order valence-corrected chi connectivity index (χ0v) is 15.8. The van der Waals surface area contributed by atoms with Gasteiger partial charge in [0.1, 0.15) is 10.8 Å². The molecule has 5 nitrogen and oxygen atoms in total. The second kappa shape index (κ2) is 8.50. The van der Waals surface area contributed by atoms with E-state index >= 15 is 0 Å². The summed E-state index contributed by atoms with van der Waals surface area (Å²) >= 11 is 6.15. The molecule has 25 heavy (non-hydrogen) atoms. The Kier molecular flexibility index (Phi) is 6.62. The zero-order valence-electron chi connectivity index (χ0n) is 15.0. The molecule has 0 aromatic heterocycles. The Bertz CT molecular complexity index is 665. The number of carbonyl (C=O) groups excluding carboxylic acids is 2. The highest BCUT2D eigenvalue weighted by Crippen LogP contribution is 2.32. The van der Waals surface area contributed by atoms with E-state index in [9.17, 15) is 9.59 Å². The second-order valence-electron chi connectivity index (χ2n) is 6.42. The minimum Gasteiger partial charge on any atom is -0.491 e. The monoisotopic (exact) mass is 365 g/mol. The Morgan fingerprint density at radius 1 is 1.00 bits per heavy atom. The summed E-state index contributed by atoms with van der Waals surface area (Å²) in [5.41, 5.74) is 0.855. The summed E-state index contributed by atoms with van der Waals surface area (Å²) in [6.45, 7) is 8.53. The molecule has 0 bridgehead atoms. The maximum absolute atomic E-state index is 12.6. The molecule has 1 heterocycles. The largest absolute Gasteiger partial charge is 0.491 e. The van der Waals surface area contributed by atoms with Crippen molar-refractivity contribution < 1.29 is 19.1 Å². The highest BCUT2D eigenvalue weighted by molar-refractivity contribution is 6.55. The topological polar surface area (TPSA) is 55.8 Å². The maximum Gasteiger partial charge on any atom is 0.273 e. The lowest BCUT2D eigenvalue weighted by Gasteiger charge is -2.15. The number of hydrogen-bond donors (Lipinski definition) is 0. The average molecular weight is 366 g/mol. The van der Waals surface area contributed by atoms with Crippen LogP contribution in [0.4, 0.5) is 0 Å². The standard InChI is InChI=1S/C19H24ClNO4/c1-12(2)24-11-5-10-21-18(22)16(17(20)19(21)23)14-6-8-15(9-7-14)25-13(3)4/h6-9,12-13H,5,10-11H2,1-4H3. The first-order valence-electron chi connectivity index (χ1n) is 8.46. The van der Waals surface area contributed by atoms with E-state index in [1.807, 2.05) is 27.7 Å². The number of halogens is 1. The summed E-state index contributed by atoms with van der Waals surface area (Å²) < 4.78 is 11.0. The highest BCUT2D eigenvalue weighted by atomic mass is 35.5. The van der Waals surface area contributed by atoms with Crippen molar-refractivity contribution >= 4 is 29.0 Å². The number of carbonyl (C=O) groups is 2. The van der Waals surface area contributed by atoms with E-state index in [0.717, 1.165) is 0 Å². The number of hydrogen-bond acceptors (Lipinski definition) is 4. The quantitative estimate of drug-likeness (QED) is 0.521. The van der Waals surface area contributed by atoms with E-state index in [1.54, 1.807) is 24.3 Å². The molecule has 0 saturated heterocycles. The number of ether oxygens (including phenoxy) is 2. The van der Waals surface area contributed by atoms with Crippen LogP contribution < -0.4 is 4.74 Å². The molecule has 1 aromatic carbocycles. The third kappa shape index (κ3) is 4.83. The summed E-state index contributed by atoms with van der Waals surface area (Å²) in [6.07, 6.45) is 0.759. The predicted octanol–water partition coefficient (Wildman–Crippen LogP) is 3.61. The van der Waals surface area contributed by atoms with Gasteiger partial charge >= 0.3 is 0 Å². The van der Waals surface area contributed by atoms with Crippen LogP contribution in [0.2, 0.25) is 0 Å². The van der Waals surface area contributed by atoms with Gasteiger partial charge in [-0.1, -0.05) is 23.7 Å². The summed E-state index contributed by atoms with van der Waals surface area (Å²) in [7, 11) is 0. The molecule has 0 N–H and O–H groups in total. The third-order valence-corrected chi connectivity index (χ3v) is 3.95. The fourth-order valence-corrected chi connectivity index (χ4v) is 2.81. The Hall–Kier alpha value is -1.85. The molecule has 1 aliphatic heterocycles. The number of amides is 2. The average Bonchev–Trinajstić information content (AvgIpc) is 2.75. The van der Waals surface area contributed by atoms with Gasteiger partial charge in [-0.3, -0.25) is 14.5 Å². The first kappa shape index (κ1) is 19.5. The zero-order chi connectivity index (χ0) is 18.6. The van der Waals surface area contributed by atoms with Crippen LogP contribution in [0.15, 0.2) is 29.3 Å². The molecule has 0 atom stereocenters. The highest BCUT2D eigenvalue weighted by Gasteiger charge is 2.37. The molecule has 0 saturated carbocycles. The van der Waals surface area contributed by atoms with Crippen molar-refractivity contribution in [1.82, 2.24) is 4.90 Å². The summed E-state index contributed by atoms with van der Waals surface area (Å²) in [4.78, 5) is 26.1. The SMILES string of the molecule is CC(C)OCCCN1C(=O)C(Cl)=C(c2ccc(OC(C)C)cc2)C1=O. The Labute approximate surface area is 153 Å². The van der Waals surface area contributed by atoms with Gasteiger partial charge in [0.25, 0.3) is 11.8 Å². The van der Waals surface area contributed by atoms with Crippen LogP contribution in [0.25, 0.3) is 5.57 Å². The van der Waals surface area contributed by atoms with E-state index in [2.05, 4.69) is 0 Å². The Morgan fingerprint density at radius 2 is 1.64 bits per heavy atom. The minimum atomic E-state index is -0.450. The molecule has 0 aliphatic carbocycles. The lowest BCUT2D eigenvalue weighted by Crippen LogP contribution is -2.33. The van der Waals surface area contributed by atoms with Gasteiger partial charge in [-0.25, -0.2) is 0 Å². The fourth-order valence-electron chi connectivity index (χ4n) is 2.51. The Balaban J connectivity index is 2.08. The van der Waals surface area contributed by atoms with Crippen LogP contribution >= 0.6 is 11.6 Å². The molecule has 6 heteroatoms. The van der Waals surface area contributed by atoms with Crippen molar-refractivity contribution in [2.24, 2.45) is 0 Å². The third-order valence-electron chi connectivity index (χ3n) is 3.60. The van der Waals surface area contributed by atoms with Crippen molar-refractivity contribution in [2.45, 2.75) is 46.3 Å². The fraction of sp³-hybridized carbons (Fsp3) is 0.474. The lowest BCUT2D eigenvalue weighted by atomic mass is 10.1. The predicted molar refractivity (Wildman–Crippen MR) is 97.4 cm³/mol. The van der Waals surface area contributed by atoms with Gasteiger partial charge < -0.3 is 9.47 Å². The molecule has 0 radical (unpaired) electrons. The molecule has 2 amide bonds. The number of imide groups is 1. The van der Waals surface area contributed by atoms with Gasteiger partial charge in [-0.15, -0.1) is 0 Å². The molecule has 1 aromatic rings. The molecule has 136 valence electrons. The van der Waals surface area contributed by atoms with E-state index in [0.29, 0.717) is 30.9 Å². The summed E-state index contributed by atoms with van der Waals surface area (Å²) in [5, 5.41) is -0.0349. The van der Waals surface area contributed by atoms with Gasteiger partial charge in [0.05, 0.1) is 17.8 Å². The van der Waals surface area contributed by atoms with Gasteiger partial charge in [0.15, 0.2) is 0 Å². The molecule has 0 fully saturated rings. The van der Waals surface area contributed by atoms with Crippen molar-refractivity contribution in [3.63, 3.8) is 0 Å². The summed E-state index contributed by atoms with van der Waals surface area (Å²) in [6, 6.07) is 7.02. The van der Waals surface area contributed by atoms with Crippen LogP contribution in [0.3, 0.4) is 0 Å². The van der Waals surface area contributed by atoms with Crippen molar-refractivity contribution in [1.29, 1.82) is 0 Å². The van der Waals surface area contributed by atoms with Gasteiger partial charge in [-0.2, -0.15) is 0 Å². The molecular formula is C19H24ClNO4. The Morgan fingerprint density at radius 3 is 2.20 bits per heavy atom. The number of nitrogens with zero attached hydrogens (tertiary/aromatic N) is 1. The first-order chi connectivity index (χ1) is 11.8. The molecule has 1 aliphatic rings. The van der Waals surface area contributed by atoms with E-state index in [4.69, 9.17) is 21.1 Å². The van der Waals surface area contributed by atoms with Crippen LogP contribution in [-0.2, 0) is 14.3 Å². The van der Waals surface area contributed by atoms with E-state index < -0.39 is 5.91 Å². The van der Waals surface area contributed by atoms with Gasteiger partial charge in [-0.05, 0) is 51.8 Å². The van der Waals surface area contributed by atoms with Crippen LogP contribution in [0.1, 0.15) is 39.7 Å². The number of rotatable bonds is 8. The first-order valence-corrected chi connectivity index (χ1v) is 8.83. The van der Waals surface area contributed by atoms with Gasteiger partial charge in [0.2, 0.25) is 0 Å². The second-order valence-corrected chi connectivity index (χ2v) is 6.79. The molecular weight excluding hydrogens is 342 g/mol. The van der Waals surface area contributed by atoms with Gasteiger partial charge in [0, 0.05) is 13.2 Å².